The van der Waals surface area contributed by atoms with Gasteiger partial charge in [-0.05, 0) is 39.5 Å². The second kappa shape index (κ2) is 9.86. The summed E-state index contributed by atoms with van der Waals surface area (Å²) in [6.07, 6.45) is 4.49. The van der Waals surface area contributed by atoms with E-state index in [1.165, 1.54) is 0 Å². The Bertz CT molecular complexity index is 653. The van der Waals surface area contributed by atoms with Gasteiger partial charge in [-0.1, -0.05) is 0 Å². The Hall–Kier alpha value is -2.16. The molecule has 28 heavy (non-hydrogen) atoms. The fourth-order valence-electron chi connectivity index (χ4n) is 3.91. The minimum Gasteiger partial charge on any atom is -0.394 e. The van der Waals surface area contributed by atoms with Crippen LogP contribution in [0.5, 0.6) is 0 Å². The maximum atomic E-state index is 11.7. The van der Waals surface area contributed by atoms with E-state index in [1.54, 1.807) is 0 Å². The maximum Gasteiger partial charge on any atom is 0.232 e. The molecule has 1 atom stereocenters. The second-order valence-corrected chi connectivity index (χ2v) is 7.37. The lowest BCUT2D eigenvalue weighted by Crippen LogP contribution is -2.35. The summed E-state index contributed by atoms with van der Waals surface area (Å²) in [7, 11) is 0. The number of amides is 1. The molecule has 2 aliphatic rings. The lowest BCUT2D eigenvalue weighted by atomic mass is 10.2. The van der Waals surface area contributed by atoms with Crippen molar-refractivity contribution in [1.29, 1.82) is 0 Å². The minimum atomic E-state index is 0.0704. The molecule has 2 N–H and O–H groups in total. The number of carbonyl (C=O) groups is 1. The summed E-state index contributed by atoms with van der Waals surface area (Å²) in [6.45, 7) is 9.11. The molecule has 156 valence electrons. The van der Waals surface area contributed by atoms with Crippen LogP contribution in [0, 0.1) is 0 Å². The Morgan fingerprint density at radius 3 is 2.68 bits per heavy atom. The normalized spacial score (nSPS) is 19.5. The Kier molecular flexibility index (Phi) is 7.24. The van der Waals surface area contributed by atoms with Crippen LogP contribution in [0.3, 0.4) is 0 Å². The van der Waals surface area contributed by atoms with Crippen molar-refractivity contribution in [2.75, 3.05) is 61.0 Å². The summed E-state index contributed by atoms with van der Waals surface area (Å²) in [5.74, 6) is 2.11. The van der Waals surface area contributed by atoms with Crippen molar-refractivity contribution in [2.24, 2.45) is 0 Å². The molecular formula is C19H33N7O2. The molecular weight excluding hydrogens is 358 g/mol. The first kappa shape index (κ1) is 20.6. The van der Waals surface area contributed by atoms with Crippen molar-refractivity contribution in [3.63, 3.8) is 0 Å². The predicted octanol–water partition coefficient (Wildman–Crippen LogP) is 1.10. The van der Waals surface area contributed by atoms with Gasteiger partial charge in [0, 0.05) is 45.7 Å². The Labute approximate surface area is 167 Å². The first-order chi connectivity index (χ1) is 13.7. The third-order valence-electron chi connectivity index (χ3n) is 5.56. The average Bonchev–Trinajstić information content (AvgIpc) is 3.35. The number of nitrogens with zero attached hydrogens (tertiary/aromatic N) is 6. The van der Waals surface area contributed by atoms with Crippen LogP contribution in [-0.2, 0) is 4.79 Å². The zero-order chi connectivity index (χ0) is 19.9. The Morgan fingerprint density at radius 1 is 1.18 bits per heavy atom. The summed E-state index contributed by atoms with van der Waals surface area (Å²) in [5, 5.41) is 13.0. The van der Waals surface area contributed by atoms with Gasteiger partial charge in [0.1, 0.15) is 0 Å². The third-order valence-corrected chi connectivity index (χ3v) is 5.56. The zero-order valence-corrected chi connectivity index (χ0v) is 17.1. The topological polar surface area (TPSA) is 97.7 Å². The quantitative estimate of drug-likeness (QED) is 0.572. The first-order valence-electron chi connectivity index (χ1n) is 10.6. The monoisotopic (exact) mass is 391 g/mol. The van der Waals surface area contributed by atoms with Crippen molar-refractivity contribution in [3.8, 4) is 0 Å². The molecule has 3 rings (SSSR count). The van der Waals surface area contributed by atoms with Crippen molar-refractivity contribution in [1.82, 2.24) is 19.9 Å². The summed E-state index contributed by atoms with van der Waals surface area (Å²) in [4.78, 5) is 31.7. The van der Waals surface area contributed by atoms with E-state index in [4.69, 9.17) is 0 Å². The van der Waals surface area contributed by atoms with Crippen LogP contribution in [-0.4, -0.2) is 82.8 Å². The van der Waals surface area contributed by atoms with E-state index in [1.807, 2.05) is 4.90 Å². The largest absolute Gasteiger partial charge is 0.394 e. The molecule has 0 spiro atoms. The highest BCUT2D eigenvalue weighted by atomic mass is 16.3. The van der Waals surface area contributed by atoms with Gasteiger partial charge in [-0.25, -0.2) is 0 Å². The highest BCUT2D eigenvalue weighted by Crippen LogP contribution is 2.24. The van der Waals surface area contributed by atoms with E-state index in [0.29, 0.717) is 30.8 Å². The Morgan fingerprint density at radius 2 is 2.00 bits per heavy atom. The van der Waals surface area contributed by atoms with Crippen LogP contribution >= 0.6 is 0 Å². The number of aromatic nitrogens is 3. The van der Waals surface area contributed by atoms with E-state index in [2.05, 4.69) is 43.9 Å². The molecule has 9 heteroatoms. The van der Waals surface area contributed by atoms with Crippen LogP contribution < -0.4 is 15.1 Å². The summed E-state index contributed by atoms with van der Waals surface area (Å²) < 4.78 is 0. The maximum absolute atomic E-state index is 11.7. The van der Waals surface area contributed by atoms with Gasteiger partial charge in [0.15, 0.2) is 0 Å². The zero-order valence-electron chi connectivity index (χ0n) is 17.1. The number of hydrogen-bond acceptors (Lipinski definition) is 8. The molecule has 0 aliphatic carbocycles. The van der Waals surface area contributed by atoms with Gasteiger partial charge in [0.2, 0.25) is 23.8 Å². The minimum absolute atomic E-state index is 0.0704. The lowest BCUT2D eigenvalue weighted by Gasteiger charge is -2.26. The van der Waals surface area contributed by atoms with Gasteiger partial charge in [-0.2, -0.15) is 15.0 Å². The van der Waals surface area contributed by atoms with Crippen LogP contribution in [0.1, 0.15) is 46.0 Å². The summed E-state index contributed by atoms with van der Waals surface area (Å²) in [6, 6.07) is 0.0704. The molecule has 2 aliphatic heterocycles. The predicted molar refractivity (Wildman–Crippen MR) is 110 cm³/mol. The van der Waals surface area contributed by atoms with Crippen molar-refractivity contribution in [2.45, 2.75) is 52.0 Å². The highest BCUT2D eigenvalue weighted by Gasteiger charge is 2.27. The van der Waals surface area contributed by atoms with Gasteiger partial charge in [0.05, 0.1) is 12.6 Å². The van der Waals surface area contributed by atoms with E-state index >= 15 is 0 Å². The lowest BCUT2D eigenvalue weighted by molar-refractivity contribution is -0.127. The number of carbonyl (C=O) groups excluding carboxylic acids is 1. The van der Waals surface area contributed by atoms with Crippen LogP contribution in [0.4, 0.5) is 17.8 Å². The van der Waals surface area contributed by atoms with Crippen molar-refractivity contribution >= 4 is 23.8 Å². The molecule has 1 amide bonds. The number of aliphatic hydroxyl groups is 1. The fraction of sp³-hybridized carbons (Fsp3) is 0.789. The van der Waals surface area contributed by atoms with Crippen LogP contribution in [0.25, 0.3) is 0 Å². The first-order valence-corrected chi connectivity index (χ1v) is 10.6. The molecule has 1 aromatic heterocycles. The number of rotatable bonds is 10. The number of hydrogen-bond donors (Lipinski definition) is 2. The molecule has 1 aromatic rings. The van der Waals surface area contributed by atoms with Gasteiger partial charge in [-0.15, -0.1) is 0 Å². The highest BCUT2D eigenvalue weighted by molar-refractivity contribution is 5.78. The molecule has 2 fully saturated rings. The van der Waals surface area contributed by atoms with Crippen LogP contribution in [0.15, 0.2) is 0 Å². The second-order valence-electron chi connectivity index (χ2n) is 7.37. The third kappa shape index (κ3) is 4.81. The molecule has 2 saturated heterocycles. The molecule has 1 unspecified atom stereocenters. The van der Waals surface area contributed by atoms with Gasteiger partial charge in [0.25, 0.3) is 0 Å². The van der Waals surface area contributed by atoms with Crippen LogP contribution in [0.2, 0.25) is 0 Å². The standard InChI is InChI=1S/C19H33N7O2/c1-3-24(4-2)18-21-17(20-10-7-12-25-11-6-9-16(25)28)22-19(23-18)26-13-5-8-15(26)14-27/h15,27H,3-14H2,1-2H3,(H,20,21,22,23). The van der Waals surface area contributed by atoms with Gasteiger partial charge < -0.3 is 25.1 Å². The average molecular weight is 392 g/mol. The molecule has 9 nitrogen and oxygen atoms in total. The number of nitrogens with one attached hydrogen (secondary N) is 1. The number of aliphatic hydroxyl groups excluding tert-OH is 1. The molecule has 0 radical (unpaired) electrons. The van der Waals surface area contributed by atoms with Crippen molar-refractivity contribution in [3.05, 3.63) is 0 Å². The van der Waals surface area contributed by atoms with E-state index in [0.717, 1.165) is 58.4 Å². The summed E-state index contributed by atoms with van der Waals surface area (Å²) >= 11 is 0. The van der Waals surface area contributed by atoms with E-state index in [9.17, 15) is 9.90 Å². The SMILES string of the molecule is CCN(CC)c1nc(NCCCN2CCCC2=O)nc(N2CCCC2CO)n1. The summed E-state index contributed by atoms with van der Waals surface area (Å²) in [5.41, 5.74) is 0. The Balaban J connectivity index is 1.68. The van der Waals surface area contributed by atoms with Gasteiger partial charge in [-0.3, -0.25) is 4.79 Å². The molecule has 0 aromatic carbocycles. The van der Waals surface area contributed by atoms with Gasteiger partial charge >= 0.3 is 0 Å². The molecule has 3 heterocycles. The number of anilines is 3. The van der Waals surface area contributed by atoms with E-state index < -0.39 is 0 Å². The number of likely N-dealkylation sites (tertiary alicyclic amines) is 1. The smallest absolute Gasteiger partial charge is 0.232 e. The van der Waals surface area contributed by atoms with Crippen molar-refractivity contribution < 1.29 is 9.90 Å². The van der Waals surface area contributed by atoms with E-state index in [-0.39, 0.29) is 18.6 Å². The molecule has 0 saturated carbocycles. The molecule has 0 bridgehead atoms. The fourth-order valence-corrected chi connectivity index (χ4v) is 3.91.